The Morgan fingerprint density at radius 2 is 1.87 bits per heavy atom. The summed E-state index contributed by atoms with van der Waals surface area (Å²) in [5, 5.41) is 12.6. The molecule has 0 spiro atoms. The van der Waals surface area contributed by atoms with Crippen LogP contribution in [-0.4, -0.2) is 39.4 Å². The lowest BCUT2D eigenvalue weighted by atomic mass is 10.1. The number of rotatable bonds is 5. The van der Waals surface area contributed by atoms with Gasteiger partial charge in [0, 0.05) is 5.56 Å². The molecule has 1 aliphatic rings. The van der Waals surface area contributed by atoms with Gasteiger partial charge in [0.1, 0.15) is 17.6 Å². The van der Waals surface area contributed by atoms with Crippen molar-refractivity contribution in [3.8, 4) is 34.5 Å². The molecule has 2 aromatic carbocycles. The van der Waals surface area contributed by atoms with E-state index in [9.17, 15) is 0 Å². The Labute approximate surface area is 172 Å². The predicted octanol–water partition coefficient (Wildman–Crippen LogP) is 3.28. The van der Waals surface area contributed by atoms with E-state index in [0.29, 0.717) is 36.3 Å². The minimum atomic E-state index is -0.115. The van der Waals surface area contributed by atoms with Crippen LogP contribution in [0.4, 0.5) is 0 Å². The zero-order valence-electron chi connectivity index (χ0n) is 16.5. The van der Waals surface area contributed by atoms with Crippen LogP contribution in [0.5, 0.6) is 11.5 Å². The van der Waals surface area contributed by atoms with Gasteiger partial charge in [-0.1, -0.05) is 28.6 Å². The average Bonchev–Trinajstić information content (AvgIpc) is 3.46. The monoisotopic (exact) mass is 405 g/mol. The first-order chi connectivity index (χ1) is 14.7. The van der Waals surface area contributed by atoms with Crippen molar-refractivity contribution in [2.24, 2.45) is 0 Å². The van der Waals surface area contributed by atoms with Crippen molar-refractivity contribution in [1.82, 2.24) is 25.1 Å². The van der Waals surface area contributed by atoms with Gasteiger partial charge in [-0.2, -0.15) is 4.98 Å². The summed E-state index contributed by atoms with van der Waals surface area (Å²) in [6.45, 7) is 0.900. The summed E-state index contributed by atoms with van der Waals surface area (Å²) in [7, 11) is 3.26. The second-order valence-corrected chi connectivity index (χ2v) is 6.79. The molecule has 1 aliphatic heterocycles. The molecule has 30 heavy (non-hydrogen) atoms. The fourth-order valence-electron chi connectivity index (χ4n) is 3.40. The fourth-order valence-corrected chi connectivity index (χ4v) is 3.40. The predicted molar refractivity (Wildman–Crippen MR) is 106 cm³/mol. The number of methoxy groups -OCH3 is 2. The number of fused-ring (bicyclic) bond motifs is 1. The summed E-state index contributed by atoms with van der Waals surface area (Å²) < 4.78 is 23.8. The Balaban J connectivity index is 1.38. The second-order valence-electron chi connectivity index (χ2n) is 6.79. The first kappa shape index (κ1) is 18.3. The molecular weight excluding hydrogens is 386 g/mol. The third kappa shape index (κ3) is 3.29. The Morgan fingerprint density at radius 3 is 2.67 bits per heavy atom. The topological polar surface area (TPSA) is 97.3 Å². The SMILES string of the molecule is COc1ccc(C2Cn3nnc(-c4noc(-c5cccc(OC)c5)n4)c3CO2)cc1. The lowest BCUT2D eigenvalue weighted by Gasteiger charge is -2.24. The molecule has 0 amide bonds. The molecule has 0 aliphatic carbocycles. The van der Waals surface area contributed by atoms with Crippen molar-refractivity contribution in [2.75, 3.05) is 14.2 Å². The molecule has 0 radical (unpaired) electrons. The van der Waals surface area contributed by atoms with Crippen molar-refractivity contribution < 1.29 is 18.7 Å². The highest BCUT2D eigenvalue weighted by molar-refractivity contribution is 5.60. The van der Waals surface area contributed by atoms with E-state index in [1.807, 2.05) is 53.2 Å². The third-order valence-corrected chi connectivity index (χ3v) is 5.04. The van der Waals surface area contributed by atoms with Gasteiger partial charge in [0.05, 0.1) is 33.1 Å². The minimum Gasteiger partial charge on any atom is -0.497 e. The maximum Gasteiger partial charge on any atom is 0.258 e. The lowest BCUT2D eigenvalue weighted by molar-refractivity contribution is -0.00114. The fraction of sp³-hybridized carbons (Fsp3) is 0.238. The highest BCUT2D eigenvalue weighted by Crippen LogP contribution is 2.31. The third-order valence-electron chi connectivity index (χ3n) is 5.04. The Kier molecular flexibility index (Phi) is 4.64. The smallest absolute Gasteiger partial charge is 0.258 e. The van der Waals surface area contributed by atoms with Crippen LogP contribution in [0.2, 0.25) is 0 Å². The summed E-state index contributed by atoms with van der Waals surface area (Å²) in [5.74, 6) is 2.28. The molecule has 152 valence electrons. The van der Waals surface area contributed by atoms with E-state index < -0.39 is 0 Å². The van der Waals surface area contributed by atoms with E-state index in [-0.39, 0.29) is 6.10 Å². The van der Waals surface area contributed by atoms with Gasteiger partial charge in [0.25, 0.3) is 5.89 Å². The molecule has 0 N–H and O–H groups in total. The van der Waals surface area contributed by atoms with Crippen molar-refractivity contribution in [1.29, 1.82) is 0 Å². The van der Waals surface area contributed by atoms with Gasteiger partial charge in [0.2, 0.25) is 5.82 Å². The van der Waals surface area contributed by atoms with E-state index in [4.69, 9.17) is 18.7 Å². The van der Waals surface area contributed by atoms with E-state index in [1.165, 1.54) is 0 Å². The number of aromatic nitrogens is 5. The summed E-state index contributed by atoms with van der Waals surface area (Å²) in [4.78, 5) is 4.48. The van der Waals surface area contributed by atoms with E-state index >= 15 is 0 Å². The number of hydrogen-bond donors (Lipinski definition) is 0. The molecule has 1 unspecified atom stereocenters. The Hall–Kier alpha value is -3.72. The summed E-state index contributed by atoms with van der Waals surface area (Å²) in [5.41, 5.74) is 3.20. The number of hydrogen-bond acceptors (Lipinski definition) is 8. The zero-order chi connectivity index (χ0) is 20.5. The minimum absolute atomic E-state index is 0.115. The molecule has 0 saturated carbocycles. The highest BCUT2D eigenvalue weighted by atomic mass is 16.5. The first-order valence-corrected chi connectivity index (χ1v) is 9.41. The molecule has 4 aromatic rings. The summed E-state index contributed by atoms with van der Waals surface area (Å²) >= 11 is 0. The molecular formula is C21H19N5O4. The highest BCUT2D eigenvalue weighted by Gasteiger charge is 2.27. The quantitative estimate of drug-likeness (QED) is 0.499. The van der Waals surface area contributed by atoms with Crippen molar-refractivity contribution in [2.45, 2.75) is 19.3 Å². The van der Waals surface area contributed by atoms with Crippen molar-refractivity contribution >= 4 is 0 Å². The standard InChI is InChI=1S/C21H19N5O4/c1-27-15-8-6-13(7-9-15)18-11-26-17(12-29-18)19(23-25-26)20-22-21(30-24-20)14-4-3-5-16(10-14)28-2/h3-10,18H,11-12H2,1-2H3. The van der Waals surface area contributed by atoms with Crippen LogP contribution in [0.15, 0.2) is 53.1 Å². The molecule has 9 nitrogen and oxygen atoms in total. The number of ether oxygens (including phenoxy) is 3. The van der Waals surface area contributed by atoms with Gasteiger partial charge in [0.15, 0.2) is 5.69 Å². The summed E-state index contributed by atoms with van der Waals surface area (Å²) in [6, 6.07) is 15.3. The van der Waals surface area contributed by atoms with Crippen molar-refractivity contribution in [3.05, 3.63) is 59.8 Å². The Bertz CT molecular complexity index is 1170. The van der Waals surface area contributed by atoms with Crippen molar-refractivity contribution in [3.63, 3.8) is 0 Å². The maximum atomic E-state index is 6.06. The molecule has 2 aromatic heterocycles. The van der Waals surface area contributed by atoms with Crippen LogP contribution < -0.4 is 9.47 Å². The normalized spacial score (nSPS) is 15.6. The van der Waals surface area contributed by atoms with Crippen LogP contribution in [0.3, 0.4) is 0 Å². The molecule has 3 heterocycles. The van der Waals surface area contributed by atoms with E-state index in [0.717, 1.165) is 22.6 Å². The zero-order valence-corrected chi connectivity index (χ0v) is 16.5. The molecule has 1 atom stereocenters. The van der Waals surface area contributed by atoms with E-state index in [1.54, 1.807) is 14.2 Å². The number of benzene rings is 2. The first-order valence-electron chi connectivity index (χ1n) is 9.41. The maximum absolute atomic E-state index is 6.06. The van der Waals surface area contributed by atoms with Gasteiger partial charge in [-0.25, -0.2) is 4.68 Å². The van der Waals surface area contributed by atoms with Gasteiger partial charge < -0.3 is 18.7 Å². The molecule has 5 rings (SSSR count). The number of nitrogens with zero attached hydrogens (tertiary/aromatic N) is 5. The van der Waals surface area contributed by atoms with Gasteiger partial charge in [-0.15, -0.1) is 5.10 Å². The van der Waals surface area contributed by atoms with Gasteiger partial charge in [-0.3, -0.25) is 0 Å². The Morgan fingerprint density at radius 1 is 1.03 bits per heavy atom. The lowest BCUT2D eigenvalue weighted by Crippen LogP contribution is -2.22. The van der Waals surface area contributed by atoms with Crippen LogP contribution >= 0.6 is 0 Å². The van der Waals surface area contributed by atoms with Crippen LogP contribution in [0.25, 0.3) is 23.0 Å². The van der Waals surface area contributed by atoms with E-state index in [2.05, 4.69) is 20.5 Å². The van der Waals surface area contributed by atoms with Crippen LogP contribution in [0.1, 0.15) is 17.4 Å². The molecule has 9 heteroatoms. The van der Waals surface area contributed by atoms with Gasteiger partial charge in [-0.05, 0) is 35.9 Å². The molecule has 0 saturated heterocycles. The van der Waals surface area contributed by atoms with Crippen LogP contribution in [0, 0.1) is 0 Å². The largest absolute Gasteiger partial charge is 0.497 e. The second kappa shape index (κ2) is 7.60. The molecule has 0 fully saturated rings. The summed E-state index contributed by atoms with van der Waals surface area (Å²) in [6.07, 6.45) is -0.115. The average molecular weight is 405 g/mol. The molecule has 0 bridgehead atoms. The van der Waals surface area contributed by atoms with Crippen LogP contribution in [-0.2, 0) is 17.9 Å². The van der Waals surface area contributed by atoms with Gasteiger partial charge >= 0.3 is 0 Å².